The van der Waals surface area contributed by atoms with Crippen LogP contribution in [0, 0.1) is 0 Å². The van der Waals surface area contributed by atoms with Crippen molar-refractivity contribution in [2.45, 2.75) is 6.42 Å². The first-order chi connectivity index (χ1) is 9.61. The summed E-state index contributed by atoms with van der Waals surface area (Å²) in [6.45, 7) is 2.56. The Labute approximate surface area is 119 Å². The van der Waals surface area contributed by atoms with Crippen LogP contribution in [0.4, 0.5) is 11.4 Å². The number of aromatic carboxylic acids is 1. The maximum Gasteiger partial charge on any atom is 0.337 e. The van der Waals surface area contributed by atoms with E-state index < -0.39 is 5.97 Å². The molecule has 112 valence electrons. The van der Waals surface area contributed by atoms with Crippen LogP contribution >= 0.6 is 0 Å². The fraction of sp³-hybridized carbons (Fsp3) is 0.500. The van der Waals surface area contributed by atoms with Crippen molar-refractivity contribution in [2.75, 3.05) is 51.2 Å². The highest BCUT2D eigenvalue weighted by Crippen LogP contribution is 2.26. The average Bonchev–Trinajstić information content (AvgIpc) is 2.43. The zero-order valence-electron chi connectivity index (χ0n) is 12.0. The summed E-state index contributed by atoms with van der Waals surface area (Å²) in [7, 11) is 3.28. The largest absolute Gasteiger partial charge is 0.478 e. The van der Waals surface area contributed by atoms with Gasteiger partial charge in [0.05, 0.1) is 23.5 Å². The van der Waals surface area contributed by atoms with Gasteiger partial charge in [-0.3, -0.25) is 0 Å². The summed E-state index contributed by atoms with van der Waals surface area (Å²) in [6, 6.07) is 5.03. The zero-order valence-corrected chi connectivity index (χ0v) is 12.0. The van der Waals surface area contributed by atoms with Crippen molar-refractivity contribution in [2.24, 2.45) is 0 Å². The molecule has 20 heavy (non-hydrogen) atoms. The van der Waals surface area contributed by atoms with Gasteiger partial charge in [-0.05, 0) is 18.6 Å². The number of benzene rings is 1. The topological polar surface area (TPSA) is 85.0 Å². The molecule has 1 aromatic rings. The highest BCUT2D eigenvalue weighted by molar-refractivity contribution is 5.97. The van der Waals surface area contributed by atoms with E-state index in [1.807, 2.05) is 11.0 Å². The molecule has 0 amide bonds. The first kappa shape index (κ1) is 16.3. The second-order valence-electron chi connectivity index (χ2n) is 4.37. The van der Waals surface area contributed by atoms with Gasteiger partial charge in [-0.15, -0.1) is 0 Å². The minimum atomic E-state index is -1.02. The number of ether oxygens (including phenoxy) is 2. The highest BCUT2D eigenvalue weighted by atomic mass is 16.5. The van der Waals surface area contributed by atoms with E-state index >= 15 is 0 Å². The Balaban J connectivity index is 2.93. The van der Waals surface area contributed by atoms with Gasteiger partial charge in [-0.2, -0.15) is 0 Å². The van der Waals surface area contributed by atoms with Gasteiger partial charge < -0.3 is 25.2 Å². The van der Waals surface area contributed by atoms with Crippen molar-refractivity contribution in [3.63, 3.8) is 0 Å². The first-order valence-electron chi connectivity index (χ1n) is 6.46. The molecule has 0 fully saturated rings. The molecular weight excluding hydrogens is 260 g/mol. The standard InChI is InChI=1S/C14H22N2O4/c1-19-9-4-7-16(8-10-20-2)12-6-3-5-11(13(12)15)14(17)18/h3,5-6H,4,7-10,15H2,1-2H3,(H,17,18). The molecule has 6 heteroatoms. The number of methoxy groups -OCH3 is 2. The molecule has 0 radical (unpaired) electrons. The van der Waals surface area contributed by atoms with Crippen LogP contribution in [-0.4, -0.2) is 51.6 Å². The lowest BCUT2D eigenvalue weighted by Gasteiger charge is -2.26. The predicted molar refractivity (Wildman–Crippen MR) is 78.4 cm³/mol. The van der Waals surface area contributed by atoms with Crippen molar-refractivity contribution >= 4 is 17.3 Å². The van der Waals surface area contributed by atoms with E-state index in [2.05, 4.69) is 0 Å². The summed E-state index contributed by atoms with van der Waals surface area (Å²) in [5.74, 6) is -1.02. The second kappa shape index (κ2) is 8.39. The SMILES string of the molecule is COCCCN(CCOC)c1cccc(C(=O)O)c1N. The zero-order chi connectivity index (χ0) is 15.0. The summed E-state index contributed by atoms with van der Waals surface area (Å²) < 4.78 is 10.1. The van der Waals surface area contributed by atoms with Crippen LogP contribution in [0.2, 0.25) is 0 Å². The van der Waals surface area contributed by atoms with Crippen LogP contribution in [0.15, 0.2) is 18.2 Å². The quantitative estimate of drug-likeness (QED) is 0.527. The summed E-state index contributed by atoms with van der Waals surface area (Å²) in [6.07, 6.45) is 0.830. The van der Waals surface area contributed by atoms with Gasteiger partial charge >= 0.3 is 5.97 Å². The van der Waals surface area contributed by atoms with E-state index in [0.717, 1.165) is 18.7 Å². The third-order valence-electron chi connectivity index (χ3n) is 3.00. The van der Waals surface area contributed by atoms with Crippen LogP contribution in [0.1, 0.15) is 16.8 Å². The summed E-state index contributed by atoms with van der Waals surface area (Å²) >= 11 is 0. The van der Waals surface area contributed by atoms with Crippen molar-refractivity contribution in [1.29, 1.82) is 0 Å². The number of rotatable bonds is 9. The lowest BCUT2D eigenvalue weighted by molar-refractivity contribution is 0.0698. The minimum Gasteiger partial charge on any atom is -0.478 e. The number of nitrogens with two attached hydrogens (primary N) is 1. The molecule has 1 aromatic carbocycles. The van der Waals surface area contributed by atoms with Gasteiger partial charge in [0.25, 0.3) is 0 Å². The molecule has 0 heterocycles. The molecule has 6 nitrogen and oxygen atoms in total. The van der Waals surface area contributed by atoms with E-state index in [-0.39, 0.29) is 11.3 Å². The van der Waals surface area contributed by atoms with Gasteiger partial charge in [-0.1, -0.05) is 6.07 Å². The molecular formula is C14H22N2O4. The van der Waals surface area contributed by atoms with Gasteiger partial charge in [0, 0.05) is 33.9 Å². The van der Waals surface area contributed by atoms with Crippen LogP contribution < -0.4 is 10.6 Å². The molecule has 0 spiro atoms. The Hall–Kier alpha value is -1.79. The molecule has 0 atom stereocenters. The summed E-state index contributed by atoms with van der Waals surface area (Å²) in [4.78, 5) is 13.1. The number of hydrogen-bond acceptors (Lipinski definition) is 5. The van der Waals surface area contributed by atoms with Crippen molar-refractivity contribution < 1.29 is 19.4 Å². The van der Waals surface area contributed by atoms with Crippen molar-refractivity contribution in [3.05, 3.63) is 23.8 Å². The third-order valence-corrected chi connectivity index (χ3v) is 3.00. The van der Waals surface area contributed by atoms with E-state index in [1.165, 1.54) is 6.07 Å². The Bertz CT molecular complexity index is 437. The van der Waals surface area contributed by atoms with Crippen LogP contribution in [0.3, 0.4) is 0 Å². The normalized spacial score (nSPS) is 10.5. The maximum atomic E-state index is 11.1. The number of hydrogen-bond donors (Lipinski definition) is 2. The molecule has 0 saturated heterocycles. The number of carboxylic acid groups (broad SMARTS) is 1. The fourth-order valence-electron chi connectivity index (χ4n) is 1.97. The minimum absolute atomic E-state index is 0.122. The van der Waals surface area contributed by atoms with Crippen LogP contribution in [0.5, 0.6) is 0 Å². The van der Waals surface area contributed by atoms with Gasteiger partial charge in [0.15, 0.2) is 0 Å². The number of para-hydroxylation sites is 1. The number of anilines is 2. The number of nitrogens with zero attached hydrogens (tertiary/aromatic N) is 1. The second-order valence-corrected chi connectivity index (χ2v) is 4.37. The Morgan fingerprint density at radius 1 is 1.25 bits per heavy atom. The van der Waals surface area contributed by atoms with Gasteiger partial charge in [0.2, 0.25) is 0 Å². The first-order valence-corrected chi connectivity index (χ1v) is 6.46. The molecule has 1 rings (SSSR count). The van der Waals surface area contributed by atoms with Crippen molar-refractivity contribution in [3.8, 4) is 0 Å². The smallest absolute Gasteiger partial charge is 0.337 e. The van der Waals surface area contributed by atoms with E-state index in [1.54, 1.807) is 20.3 Å². The predicted octanol–water partition coefficient (Wildman–Crippen LogP) is 1.46. The number of carbonyl (C=O) groups is 1. The Morgan fingerprint density at radius 2 is 1.95 bits per heavy atom. The fourth-order valence-corrected chi connectivity index (χ4v) is 1.97. The summed E-state index contributed by atoms with van der Waals surface area (Å²) in [5, 5.41) is 9.12. The van der Waals surface area contributed by atoms with Crippen LogP contribution in [0.25, 0.3) is 0 Å². The lowest BCUT2D eigenvalue weighted by Crippen LogP contribution is -2.30. The molecule has 0 unspecified atom stereocenters. The highest BCUT2D eigenvalue weighted by Gasteiger charge is 2.15. The van der Waals surface area contributed by atoms with E-state index in [0.29, 0.717) is 19.8 Å². The monoisotopic (exact) mass is 282 g/mol. The average molecular weight is 282 g/mol. The molecule has 0 aromatic heterocycles. The molecule has 3 N–H and O–H groups in total. The Kier molecular flexibility index (Phi) is 6.83. The summed E-state index contributed by atoms with van der Waals surface area (Å²) in [5.41, 5.74) is 7.09. The number of carboxylic acids is 1. The number of nitrogen functional groups attached to an aromatic ring is 1. The van der Waals surface area contributed by atoms with Gasteiger partial charge in [-0.25, -0.2) is 4.79 Å². The van der Waals surface area contributed by atoms with Gasteiger partial charge in [0.1, 0.15) is 0 Å². The van der Waals surface area contributed by atoms with E-state index in [4.69, 9.17) is 20.3 Å². The maximum absolute atomic E-state index is 11.1. The molecule has 0 bridgehead atoms. The molecule has 0 aliphatic rings. The third kappa shape index (κ3) is 4.40. The molecule has 0 aliphatic carbocycles. The Morgan fingerprint density at radius 3 is 2.55 bits per heavy atom. The van der Waals surface area contributed by atoms with E-state index in [9.17, 15) is 4.79 Å². The lowest BCUT2D eigenvalue weighted by atomic mass is 10.1. The molecule has 0 aliphatic heterocycles. The molecule has 0 saturated carbocycles. The van der Waals surface area contributed by atoms with Crippen molar-refractivity contribution in [1.82, 2.24) is 0 Å². The van der Waals surface area contributed by atoms with Crippen LogP contribution in [-0.2, 0) is 9.47 Å².